The van der Waals surface area contributed by atoms with E-state index in [9.17, 15) is 9.59 Å². The van der Waals surface area contributed by atoms with Crippen molar-refractivity contribution in [3.63, 3.8) is 0 Å². The zero-order chi connectivity index (χ0) is 18.8. The predicted octanol–water partition coefficient (Wildman–Crippen LogP) is 3.78. The number of carbonyl (C=O) groups excluding carboxylic acids is 2. The SMILES string of the molecule is CC(c1ccccc1)N1CC(C(=O)Nc2cnc3ccccc3c2)CC1=O. The number of hydrogen-bond acceptors (Lipinski definition) is 3. The number of pyridine rings is 1. The van der Waals surface area contributed by atoms with Crippen molar-refractivity contribution in [2.45, 2.75) is 19.4 Å². The zero-order valence-corrected chi connectivity index (χ0v) is 15.1. The maximum atomic E-state index is 12.7. The first kappa shape index (κ1) is 17.2. The van der Waals surface area contributed by atoms with E-state index >= 15 is 0 Å². The van der Waals surface area contributed by atoms with Crippen LogP contribution in [0.1, 0.15) is 24.9 Å². The highest BCUT2D eigenvalue weighted by Crippen LogP contribution is 2.29. The highest BCUT2D eigenvalue weighted by molar-refractivity contribution is 5.98. The molecular formula is C22H21N3O2. The van der Waals surface area contributed by atoms with Crippen LogP contribution in [-0.4, -0.2) is 28.2 Å². The Kier molecular flexibility index (Phi) is 4.59. The van der Waals surface area contributed by atoms with Gasteiger partial charge in [0.05, 0.1) is 29.4 Å². The average Bonchev–Trinajstić information content (AvgIpc) is 3.10. The van der Waals surface area contributed by atoms with Crippen molar-refractivity contribution in [1.29, 1.82) is 0 Å². The van der Waals surface area contributed by atoms with E-state index in [0.717, 1.165) is 16.5 Å². The molecule has 4 rings (SSSR count). The normalized spacial score (nSPS) is 17.9. The fraction of sp³-hybridized carbons (Fsp3) is 0.227. The maximum Gasteiger partial charge on any atom is 0.229 e. The first-order valence-corrected chi connectivity index (χ1v) is 9.12. The highest BCUT2D eigenvalue weighted by atomic mass is 16.2. The first-order valence-electron chi connectivity index (χ1n) is 9.12. The summed E-state index contributed by atoms with van der Waals surface area (Å²) in [5, 5.41) is 3.89. The molecule has 1 fully saturated rings. The van der Waals surface area contributed by atoms with E-state index in [2.05, 4.69) is 10.3 Å². The van der Waals surface area contributed by atoms with Crippen molar-refractivity contribution in [2.75, 3.05) is 11.9 Å². The van der Waals surface area contributed by atoms with Gasteiger partial charge in [-0.1, -0.05) is 48.5 Å². The zero-order valence-electron chi connectivity index (χ0n) is 15.1. The van der Waals surface area contributed by atoms with Gasteiger partial charge in [-0.15, -0.1) is 0 Å². The van der Waals surface area contributed by atoms with Gasteiger partial charge < -0.3 is 10.2 Å². The van der Waals surface area contributed by atoms with Gasteiger partial charge in [0.2, 0.25) is 11.8 Å². The van der Waals surface area contributed by atoms with Crippen LogP contribution in [0.4, 0.5) is 5.69 Å². The molecule has 27 heavy (non-hydrogen) atoms. The number of anilines is 1. The van der Waals surface area contributed by atoms with Gasteiger partial charge in [0, 0.05) is 18.4 Å². The molecule has 1 N–H and O–H groups in total. The molecule has 0 aliphatic carbocycles. The van der Waals surface area contributed by atoms with E-state index < -0.39 is 0 Å². The van der Waals surface area contributed by atoms with E-state index in [1.165, 1.54) is 0 Å². The summed E-state index contributed by atoms with van der Waals surface area (Å²) in [6, 6.07) is 19.5. The molecule has 1 aliphatic rings. The molecule has 1 saturated heterocycles. The molecule has 1 aliphatic heterocycles. The lowest BCUT2D eigenvalue weighted by Gasteiger charge is -2.25. The molecule has 0 spiro atoms. The van der Waals surface area contributed by atoms with Gasteiger partial charge in [0.1, 0.15) is 0 Å². The van der Waals surface area contributed by atoms with Gasteiger partial charge in [-0.3, -0.25) is 14.6 Å². The number of fused-ring (bicyclic) bond motifs is 1. The number of aromatic nitrogens is 1. The fourth-order valence-corrected chi connectivity index (χ4v) is 3.58. The van der Waals surface area contributed by atoms with Gasteiger partial charge in [-0.05, 0) is 24.6 Å². The van der Waals surface area contributed by atoms with Crippen LogP contribution < -0.4 is 5.32 Å². The Bertz CT molecular complexity index is 987. The van der Waals surface area contributed by atoms with Crippen LogP contribution in [0.25, 0.3) is 10.9 Å². The second kappa shape index (κ2) is 7.19. The van der Waals surface area contributed by atoms with Crippen LogP contribution in [0.2, 0.25) is 0 Å². The Labute approximate surface area is 158 Å². The van der Waals surface area contributed by atoms with Crippen LogP contribution >= 0.6 is 0 Å². The Balaban J connectivity index is 1.45. The van der Waals surface area contributed by atoms with E-state index in [4.69, 9.17) is 0 Å². The lowest BCUT2D eigenvalue weighted by atomic mass is 10.1. The van der Waals surface area contributed by atoms with Gasteiger partial charge in [-0.25, -0.2) is 0 Å². The predicted molar refractivity (Wildman–Crippen MR) is 105 cm³/mol. The number of benzene rings is 2. The van der Waals surface area contributed by atoms with E-state index in [-0.39, 0.29) is 30.2 Å². The third-order valence-electron chi connectivity index (χ3n) is 5.14. The van der Waals surface area contributed by atoms with Crippen molar-refractivity contribution in [3.8, 4) is 0 Å². The molecule has 2 heterocycles. The monoisotopic (exact) mass is 359 g/mol. The molecule has 5 nitrogen and oxygen atoms in total. The summed E-state index contributed by atoms with van der Waals surface area (Å²) in [5.74, 6) is -0.471. The summed E-state index contributed by atoms with van der Waals surface area (Å²) in [4.78, 5) is 31.3. The molecule has 136 valence electrons. The van der Waals surface area contributed by atoms with Crippen molar-refractivity contribution < 1.29 is 9.59 Å². The number of para-hydroxylation sites is 1. The second-order valence-electron chi connectivity index (χ2n) is 6.94. The molecular weight excluding hydrogens is 338 g/mol. The lowest BCUT2D eigenvalue weighted by molar-refractivity contribution is -0.129. The Hall–Kier alpha value is -3.21. The molecule has 2 aromatic carbocycles. The molecule has 2 amide bonds. The molecule has 0 saturated carbocycles. The topological polar surface area (TPSA) is 62.3 Å². The highest BCUT2D eigenvalue weighted by Gasteiger charge is 2.37. The summed E-state index contributed by atoms with van der Waals surface area (Å²) < 4.78 is 0. The Morgan fingerprint density at radius 3 is 2.70 bits per heavy atom. The third-order valence-corrected chi connectivity index (χ3v) is 5.14. The summed E-state index contributed by atoms with van der Waals surface area (Å²) >= 11 is 0. The van der Waals surface area contributed by atoms with Crippen molar-refractivity contribution in [1.82, 2.24) is 9.88 Å². The van der Waals surface area contributed by atoms with Gasteiger partial charge in [-0.2, -0.15) is 0 Å². The molecule has 0 radical (unpaired) electrons. The van der Waals surface area contributed by atoms with Crippen LogP contribution in [0.5, 0.6) is 0 Å². The largest absolute Gasteiger partial charge is 0.335 e. The lowest BCUT2D eigenvalue weighted by Crippen LogP contribution is -2.30. The number of nitrogens with zero attached hydrogens (tertiary/aromatic N) is 2. The van der Waals surface area contributed by atoms with Crippen LogP contribution in [-0.2, 0) is 9.59 Å². The van der Waals surface area contributed by atoms with Crippen LogP contribution in [0, 0.1) is 5.92 Å². The van der Waals surface area contributed by atoms with Crippen LogP contribution in [0.3, 0.4) is 0 Å². The standard InChI is InChI=1S/C22H21N3O2/c1-15(16-7-3-2-4-8-16)25-14-18(12-21(25)26)22(27)24-19-11-17-9-5-6-10-20(17)23-13-19/h2-11,13,15,18H,12,14H2,1H3,(H,24,27). The number of nitrogens with one attached hydrogen (secondary N) is 1. The maximum absolute atomic E-state index is 12.7. The molecule has 2 atom stereocenters. The van der Waals surface area contributed by atoms with Crippen molar-refractivity contribution in [3.05, 3.63) is 72.4 Å². The van der Waals surface area contributed by atoms with E-state index in [1.54, 1.807) is 11.1 Å². The van der Waals surface area contributed by atoms with Gasteiger partial charge in [0.15, 0.2) is 0 Å². The quantitative estimate of drug-likeness (QED) is 0.771. The van der Waals surface area contributed by atoms with Crippen LogP contribution in [0.15, 0.2) is 66.9 Å². The Morgan fingerprint density at radius 2 is 1.89 bits per heavy atom. The van der Waals surface area contributed by atoms with Crippen molar-refractivity contribution >= 4 is 28.4 Å². The molecule has 2 unspecified atom stereocenters. The number of amides is 2. The first-order chi connectivity index (χ1) is 13.1. The minimum absolute atomic E-state index is 0.0168. The average molecular weight is 359 g/mol. The summed E-state index contributed by atoms with van der Waals surface area (Å²) in [7, 11) is 0. The van der Waals surface area contributed by atoms with Gasteiger partial charge in [0.25, 0.3) is 0 Å². The van der Waals surface area contributed by atoms with Gasteiger partial charge >= 0.3 is 0 Å². The summed E-state index contributed by atoms with van der Waals surface area (Å²) in [6.07, 6.45) is 1.89. The second-order valence-corrected chi connectivity index (χ2v) is 6.94. The fourth-order valence-electron chi connectivity index (χ4n) is 3.58. The third kappa shape index (κ3) is 3.53. The molecule has 5 heteroatoms. The smallest absolute Gasteiger partial charge is 0.229 e. The number of carbonyl (C=O) groups is 2. The number of rotatable bonds is 4. The van der Waals surface area contributed by atoms with E-state index in [0.29, 0.717) is 12.2 Å². The Morgan fingerprint density at radius 1 is 1.15 bits per heavy atom. The van der Waals surface area contributed by atoms with Crippen molar-refractivity contribution in [2.24, 2.45) is 5.92 Å². The summed E-state index contributed by atoms with van der Waals surface area (Å²) in [5.41, 5.74) is 2.61. The molecule has 1 aromatic heterocycles. The number of likely N-dealkylation sites (tertiary alicyclic amines) is 1. The van der Waals surface area contributed by atoms with E-state index in [1.807, 2.05) is 67.6 Å². The minimum atomic E-state index is -0.352. The molecule has 0 bridgehead atoms. The number of hydrogen-bond donors (Lipinski definition) is 1. The molecule has 3 aromatic rings. The minimum Gasteiger partial charge on any atom is -0.335 e. The summed E-state index contributed by atoms with van der Waals surface area (Å²) in [6.45, 7) is 2.43.